The normalized spacial score (nSPS) is 27.3. The van der Waals surface area contributed by atoms with Gasteiger partial charge in [0.2, 0.25) is 0 Å². The summed E-state index contributed by atoms with van der Waals surface area (Å²) in [6.45, 7) is 3.44. The first-order chi connectivity index (χ1) is 5.34. The van der Waals surface area contributed by atoms with Crippen molar-refractivity contribution in [2.45, 2.75) is 18.9 Å². The Kier molecular flexibility index (Phi) is 4.20. The molecule has 11 heavy (non-hydrogen) atoms. The summed E-state index contributed by atoms with van der Waals surface area (Å²) in [4.78, 5) is 2.42. The summed E-state index contributed by atoms with van der Waals surface area (Å²) in [7, 11) is 2.19. The first kappa shape index (κ1) is 9.30. The van der Waals surface area contributed by atoms with Gasteiger partial charge in [0.05, 0.1) is 0 Å². The van der Waals surface area contributed by atoms with Crippen molar-refractivity contribution in [1.29, 1.82) is 0 Å². The average Bonchev–Trinajstić information content (AvgIpc) is 2.03. The summed E-state index contributed by atoms with van der Waals surface area (Å²) in [6, 6.07) is 0.711. The van der Waals surface area contributed by atoms with Gasteiger partial charge >= 0.3 is 0 Å². The Labute approximate surface area is 73.9 Å². The van der Waals surface area contributed by atoms with Gasteiger partial charge in [0.25, 0.3) is 0 Å². The molecule has 1 aliphatic heterocycles. The third-order valence-electron chi connectivity index (χ3n) is 2.32. The quantitative estimate of drug-likeness (QED) is 0.644. The van der Waals surface area contributed by atoms with Crippen LogP contribution in [0.2, 0.25) is 0 Å². The minimum atomic E-state index is 0.711. The number of piperazine rings is 1. The van der Waals surface area contributed by atoms with Gasteiger partial charge in [-0.1, -0.05) is 0 Å². The van der Waals surface area contributed by atoms with Gasteiger partial charge in [-0.25, -0.2) is 0 Å². The topological polar surface area (TPSA) is 15.3 Å². The van der Waals surface area contributed by atoms with Crippen molar-refractivity contribution in [1.82, 2.24) is 10.2 Å². The lowest BCUT2D eigenvalue weighted by Gasteiger charge is -2.32. The molecule has 66 valence electrons. The molecule has 0 unspecified atom stereocenters. The van der Waals surface area contributed by atoms with Gasteiger partial charge < -0.3 is 10.2 Å². The van der Waals surface area contributed by atoms with Gasteiger partial charge in [-0.3, -0.25) is 0 Å². The van der Waals surface area contributed by atoms with Crippen molar-refractivity contribution >= 4 is 11.6 Å². The molecule has 0 aliphatic carbocycles. The predicted octanol–water partition coefficient (Wildman–Crippen LogP) is 0.909. The number of likely N-dealkylation sites (N-methyl/N-ethyl adjacent to an activating group) is 1. The van der Waals surface area contributed by atoms with E-state index in [0.717, 1.165) is 25.4 Å². The highest BCUT2D eigenvalue weighted by Gasteiger charge is 2.16. The minimum Gasteiger partial charge on any atom is -0.314 e. The molecule has 1 saturated heterocycles. The van der Waals surface area contributed by atoms with Crippen molar-refractivity contribution in [3.63, 3.8) is 0 Å². The molecule has 2 nitrogen and oxygen atoms in total. The summed E-state index contributed by atoms with van der Waals surface area (Å²) in [5, 5.41) is 3.39. The van der Waals surface area contributed by atoms with Crippen LogP contribution in [0, 0.1) is 0 Å². The molecule has 0 bridgehead atoms. The molecule has 0 radical (unpaired) electrons. The minimum absolute atomic E-state index is 0.711. The monoisotopic (exact) mass is 176 g/mol. The van der Waals surface area contributed by atoms with Crippen LogP contribution in [0.3, 0.4) is 0 Å². The average molecular weight is 177 g/mol. The second-order valence-corrected chi connectivity index (χ2v) is 3.55. The molecule has 0 saturated carbocycles. The van der Waals surface area contributed by atoms with Crippen molar-refractivity contribution in [2.24, 2.45) is 0 Å². The Balaban J connectivity index is 2.18. The van der Waals surface area contributed by atoms with E-state index in [-0.39, 0.29) is 0 Å². The fourth-order valence-electron chi connectivity index (χ4n) is 1.50. The third-order valence-corrected chi connectivity index (χ3v) is 2.58. The predicted molar refractivity (Wildman–Crippen MR) is 49.2 cm³/mol. The number of rotatable bonds is 3. The zero-order valence-corrected chi connectivity index (χ0v) is 7.90. The van der Waals surface area contributed by atoms with Crippen molar-refractivity contribution < 1.29 is 0 Å². The van der Waals surface area contributed by atoms with E-state index in [2.05, 4.69) is 17.3 Å². The van der Waals surface area contributed by atoms with E-state index in [1.54, 1.807) is 0 Å². The van der Waals surface area contributed by atoms with Gasteiger partial charge in [0, 0.05) is 31.6 Å². The van der Waals surface area contributed by atoms with E-state index in [4.69, 9.17) is 11.6 Å². The molecule has 3 heteroatoms. The number of hydrogen-bond acceptors (Lipinski definition) is 2. The first-order valence-electron chi connectivity index (χ1n) is 4.31. The zero-order chi connectivity index (χ0) is 8.10. The van der Waals surface area contributed by atoms with Crippen LogP contribution in [0.1, 0.15) is 12.8 Å². The lowest BCUT2D eigenvalue weighted by Crippen LogP contribution is -2.49. The smallest absolute Gasteiger partial charge is 0.0224 e. The first-order valence-corrected chi connectivity index (χ1v) is 4.85. The maximum atomic E-state index is 5.63. The van der Waals surface area contributed by atoms with Crippen molar-refractivity contribution in [3.8, 4) is 0 Å². The largest absolute Gasteiger partial charge is 0.314 e. The number of nitrogens with zero attached hydrogens (tertiary/aromatic N) is 1. The number of halogens is 1. The van der Waals surface area contributed by atoms with Gasteiger partial charge in [0.1, 0.15) is 0 Å². The van der Waals surface area contributed by atoms with Gasteiger partial charge in [-0.2, -0.15) is 0 Å². The maximum absolute atomic E-state index is 5.63. The molecular formula is C8H17ClN2. The summed E-state index contributed by atoms with van der Waals surface area (Å²) >= 11 is 5.63. The van der Waals surface area contributed by atoms with Crippen LogP contribution in [0.5, 0.6) is 0 Å². The molecule has 1 aliphatic rings. The van der Waals surface area contributed by atoms with E-state index in [1.807, 2.05) is 0 Å². The van der Waals surface area contributed by atoms with Gasteiger partial charge in [0.15, 0.2) is 0 Å². The number of alkyl halides is 1. The summed E-state index contributed by atoms with van der Waals surface area (Å²) < 4.78 is 0. The summed E-state index contributed by atoms with van der Waals surface area (Å²) in [6.07, 6.45) is 2.37. The summed E-state index contributed by atoms with van der Waals surface area (Å²) in [5.74, 6) is 0.796. The second kappa shape index (κ2) is 4.96. The highest BCUT2D eigenvalue weighted by Crippen LogP contribution is 2.07. The third kappa shape index (κ3) is 2.97. The molecule has 0 spiro atoms. The molecule has 1 heterocycles. The van der Waals surface area contributed by atoms with Crippen molar-refractivity contribution in [2.75, 3.05) is 32.6 Å². The van der Waals surface area contributed by atoms with Crippen LogP contribution in [0.4, 0.5) is 0 Å². The van der Waals surface area contributed by atoms with Crippen LogP contribution in [-0.4, -0.2) is 43.5 Å². The fraction of sp³-hybridized carbons (Fsp3) is 1.00. The fourth-order valence-corrected chi connectivity index (χ4v) is 1.65. The molecule has 1 fully saturated rings. The van der Waals surface area contributed by atoms with E-state index in [0.29, 0.717) is 6.04 Å². The Bertz CT molecular complexity index is 108. The Hall–Kier alpha value is 0.210. The van der Waals surface area contributed by atoms with Crippen LogP contribution < -0.4 is 5.32 Å². The molecule has 0 aromatic rings. The van der Waals surface area contributed by atoms with Crippen LogP contribution in [0.15, 0.2) is 0 Å². The van der Waals surface area contributed by atoms with Crippen molar-refractivity contribution in [3.05, 3.63) is 0 Å². The van der Waals surface area contributed by atoms with E-state index < -0.39 is 0 Å². The van der Waals surface area contributed by atoms with E-state index in [9.17, 15) is 0 Å². The molecule has 1 atom stereocenters. The Morgan fingerprint density at radius 2 is 2.45 bits per heavy atom. The molecular weight excluding hydrogens is 160 g/mol. The van der Waals surface area contributed by atoms with Gasteiger partial charge in [-0.15, -0.1) is 11.6 Å². The lowest BCUT2D eigenvalue weighted by atomic mass is 10.1. The number of nitrogens with one attached hydrogen (secondary N) is 1. The van der Waals surface area contributed by atoms with E-state index in [1.165, 1.54) is 13.0 Å². The molecule has 1 rings (SSSR count). The second-order valence-electron chi connectivity index (χ2n) is 3.17. The zero-order valence-electron chi connectivity index (χ0n) is 7.15. The SMILES string of the molecule is CN1CCNC[C@H]1CCCCl. The highest BCUT2D eigenvalue weighted by atomic mass is 35.5. The molecule has 0 aromatic heterocycles. The Morgan fingerprint density at radius 3 is 3.09 bits per heavy atom. The van der Waals surface area contributed by atoms with Crippen LogP contribution in [-0.2, 0) is 0 Å². The summed E-state index contributed by atoms with van der Waals surface area (Å²) in [5.41, 5.74) is 0. The van der Waals surface area contributed by atoms with Crippen LogP contribution >= 0.6 is 11.6 Å². The van der Waals surface area contributed by atoms with Gasteiger partial charge in [-0.05, 0) is 19.9 Å². The Morgan fingerprint density at radius 1 is 1.64 bits per heavy atom. The molecule has 0 amide bonds. The van der Waals surface area contributed by atoms with E-state index >= 15 is 0 Å². The highest BCUT2D eigenvalue weighted by molar-refractivity contribution is 6.17. The molecule has 1 N–H and O–H groups in total. The van der Waals surface area contributed by atoms with Crippen LogP contribution in [0.25, 0.3) is 0 Å². The maximum Gasteiger partial charge on any atom is 0.0224 e. The lowest BCUT2D eigenvalue weighted by molar-refractivity contribution is 0.190. The molecule has 0 aromatic carbocycles. The standard InChI is InChI=1S/C8H17ClN2/c1-11-6-5-10-7-8(11)3-2-4-9/h8,10H,2-7H2,1H3/t8-/m1/s1. The number of hydrogen-bond donors (Lipinski definition) is 1.